The maximum Gasteiger partial charge on any atom is 0.327 e. The van der Waals surface area contributed by atoms with Gasteiger partial charge in [0, 0.05) is 18.0 Å². The number of thioether (sulfide) groups is 1. The first kappa shape index (κ1) is 14.6. The highest BCUT2D eigenvalue weighted by Gasteiger charge is 2.41. The zero-order chi connectivity index (χ0) is 14.7. The van der Waals surface area contributed by atoms with Crippen molar-refractivity contribution in [2.75, 3.05) is 12.9 Å². The second-order valence-electron chi connectivity index (χ2n) is 4.35. The number of hydrogen-bond acceptors (Lipinski definition) is 5. The highest BCUT2D eigenvalue weighted by Crippen LogP contribution is 2.32. The first-order chi connectivity index (χ1) is 9.58. The van der Waals surface area contributed by atoms with Gasteiger partial charge in [0.2, 0.25) is 5.88 Å². The van der Waals surface area contributed by atoms with Crippen LogP contribution >= 0.6 is 11.8 Å². The SMILES string of the molecule is CCC1SCC(C(=O)O)N1C(=O)c1ccc(OC)nc1. The summed E-state index contributed by atoms with van der Waals surface area (Å²) in [4.78, 5) is 29.2. The van der Waals surface area contributed by atoms with Crippen LogP contribution in [-0.4, -0.2) is 51.1 Å². The fourth-order valence-corrected chi connectivity index (χ4v) is 3.46. The molecule has 108 valence electrons. The Hall–Kier alpha value is -1.76. The van der Waals surface area contributed by atoms with E-state index in [4.69, 9.17) is 4.74 Å². The maximum absolute atomic E-state index is 12.5. The molecule has 0 spiro atoms. The van der Waals surface area contributed by atoms with Crippen LogP contribution in [0.15, 0.2) is 18.3 Å². The number of rotatable bonds is 4. The number of ether oxygens (including phenoxy) is 1. The van der Waals surface area contributed by atoms with Crippen molar-refractivity contribution in [3.8, 4) is 5.88 Å². The van der Waals surface area contributed by atoms with Gasteiger partial charge >= 0.3 is 5.97 Å². The van der Waals surface area contributed by atoms with Crippen LogP contribution in [0, 0.1) is 0 Å². The third kappa shape index (κ3) is 2.72. The number of aliphatic carboxylic acids is 1. The van der Waals surface area contributed by atoms with Crippen molar-refractivity contribution in [3.63, 3.8) is 0 Å². The smallest absolute Gasteiger partial charge is 0.327 e. The number of aromatic nitrogens is 1. The lowest BCUT2D eigenvalue weighted by atomic mass is 10.2. The monoisotopic (exact) mass is 296 g/mol. The van der Waals surface area contributed by atoms with Crippen molar-refractivity contribution >= 4 is 23.6 Å². The summed E-state index contributed by atoms with van der Waals surface area (Å²) in [7, 11) is 1.49. The molecule has 1 aliphatic rings. The third-order valence-electron chi connectivity index (χ3n) is 3.15. The van der Waals surface area contributed by atoms with E-state index >= 15 is 0 Å². The molecule has 1 amide bonds. The zero-order valence-electron chi connectivity index (χ0n) is 11.3. The number of carboxylic acid groups (broad SMARTS) is 1. The molecule has 1 fully saturated rings. The topological polar surface area (TPSA) is 79.7 Å². The minimum Gasteiger partial charge on any atom is -0.481 e. The number of pyridine rings is 1. The van der Waals surface area contributed by atoms with E-state index in [0.29, 0.717) is 23.6 Å². The summed E-state index contributed by atoms with van der Waals surface area (Å²) in [6.07, 6.45) is 2.12. The maximum atomic E-state index is 12.5. The number of methoxy groups -OCH3 is 1. The van der Waals surface area contributed by atoms with Gasteiger partial charge in [0.05, 0.1) is 18.0 Å². The van der Waals surface area contributed by atoms with Crippen LogP contribution in [0.4, 0.5) is 0 Å². The van der Waals surface area contributed by atoms with Crippen LogP contribution in [0.1, 0.15) is 23.7 Å². The Balaban J connectivity index is 2.25. The molecule has 2 atom stereocenters. The molecule has 6 nitrogen and oxygen atoms in total. The van der Waals surface area contributed by atoms with Crippen molar-refractivity contribution in [3.05, 3.63) is 23.9 Å². The normalized spacial score (nSPS) is 21.8. The lowest BCUT2D eigenvalue weighted by Gasteiger charge is -2.26. The minimum atomic E-state index is -0.969. The van der Waals surface area contributed by atoms with Crippen LogP contribution in [0.3, 0.4) is 0 Å². The second-order valence-corrected chi connectivity index (χ2v) is 5.56. The van der Waals surface area contributed by atoms with Gasteiger partial charge in [-0.2, -0.15) is 0 Å². The molecule has 1 saturated heterocycles. The summed E-state index contributed by atoms with van der Waals surface area (Å²) < 4.78 is 4.94. The Morgan fingerprint density at radius 1 is 1.55 bits per heavy atom. The molecule has 0 aromatic carbocycles. The number of carboxylic acids is 1. The fraction of sp³-hybridized carbons (Fsp3) is 0.462. The van der Waals surface area contributed by atoms with Gasteiger partial charge in [0.15, 0.2) is 0 Å². The standard InChI is InChI=1S/C13H16N2O4S/c1-3-11-15(9(7-20-11)13(17)18)12(16)8-4-5-10(19-2)14-6-8/h4-6,9,11H,3,7H2,1-2H3,(H,17,18). The first-order valence-corrected chi connectivity index (χ1v) is 7.30. The molecule has 0 saturated carbocycles. The van der Waals surface area contributed by atoms with E-state index in [1.807, 2.05) is 6.92 Å². The second kappa shape index (κ2) is 6.13. The molecular formula is C13H16N2O4S. The van der Waals surface area contributed by atoms with Crippen LogP contribution < -0.4 is 4.74 Å². The fourth-order valence-electron chi connectivity index (χ4n) is 2.12. The predicted molar refractivity (Wildman–Crippen MR) is 74.9 cm³/mol. The Morgan fingerprint density at radius 2 is 2.30 bits per heavy atom. The van der Waals surface area contributed by atoms with E-state index in [9.17, 15) is 14.7 Å². The van der Waals surface area contributed by atoms with Gasteiger partial charge in [-0.1, -0.05) is 6.92 Å². The highest BCUT2D eigenvalue weighted by molar-refractivity contribution is 8.00. The van der Waals surface area contributed by atoms with Gasteiger partial charge in [-0.25, -0.2) is 9.78 Å². The molecule has 2 unspecified atom stereocenters. The molecule has 1 N–H and O–H groups in total. The number of hydrogen-bond donors (Lipinski definition) is 1. The molecule has 1 aromatic heterocycles. The average Bonchev–Trinajstić information content (AvgIpc) is 2.90. The van der Waals surface area contributed by atoms with Gasteiger partial charge in [0.1, 0.15) is 6.04 Å². The number of carbonyl (C=O) groups excluding carboxylic acids is 1. The van der Waals surface area contributed by atoms with Crippen LogP contribution in [-0.2, 0) is 4.79 Å². The number of nitrogens with zero attached hydrogens (tertiary/aromatic N) is 2. The van der Waals surface area contributed by atoms with Crippen molar-refractivity contribution in [2.24, 2.45) is 0 Å². The lowest BCUT2D eigenvalue weighted by molar-refractivity contribution is -0.141. The Morgan fingerprint density at radius 3 is 2.80 bits per heavy atom. The van der Waals surface area contributed by atoms with Crippen molar-refractivity contribution in [1.82, 2.24) is 9.88 Å². The van der Waals surface area contributed by atoms with E-state index in [1.165, 1.54) is 30.0 Å². The summed E-state index contributed by atoms with van der Waals surface area (Å²) in [6, 6.07) is 2.41. The molecule has 0 bridgehead atoms. The molecule has 1 aromatic rings. The van der Waals surface area contributed by atoms with Crippen LogP contribution in [0.2, 0.25) is 0 Å². The molecule has 20 heavy (non-hydrogen) atoms. The van der Waals surface area contributed by atoms with Gasteiger partial charge in [-0.15, -0.1) is 11.8 Å². The molecule has 1 aliphatic heterocycles. The number of amides is 1. The largest absolute Gasteiger partial charge is 0.481 e. The van der Waals surface area contributed by atoms with Crippen molar-refractivity contribution in [2.45, 2.75) is 24.8 Å². The van der Waals surface area contributed by atoms with Crippen molar-refractivity contribution in [1.29, 1.82) is 0 Å². The van der Waals surface area contributed by atoms with Gasteiger partial charge in [-0.05, 0) is 12.5 Å². The van der Waals surface area contributed by atoms with E-state index in [-0.39, 0.29) is 11.3 Å². The van der Waals surface area contributed by atoms with Crippen LogP contribution in [0.25, 0.3) is 0 Å². The zero-order valence-corrected chi connectivity index (χ0v) is 12.1. The molecular weight excluding hydrogens is 280 g/mol. The Kier molecular flexibility index (Phi) is 4.49. The number of carbonyl (C=O) groups is 2. The summed E-state index contributed by atoms with van der Waals surface area (Å²) >= 11 is 1.50. The van der Waals surface area contributed by atoms with E-state index in [2.05, 4.69) is 4.98 Å². The van der Waals surface area contributed by atoms with Gasteiger partial charge in [-0.3, -0.25) is 4.79 Å². The van der Waals surface area contributed by atoms with Crippen molar-refractivity contribution < 1.29 is 19.4 Å². The summed E-state index contributed by atoms with van der Waals surface area (Å²) in [5.41, 5.74) is 0.373. The Labute approximate surface area is 121 Å². The van der Waals surface area contributed by atoms with E-state index in [1.54, 1.807) is 12.1 Å². The summed E-state index contributed by atoms with van der Waals surface area (Å²) in [5.74, 6) is -0.435. The minimum absolute atomic E-state index is 0.106. The quantitative estimate of drug-likeness (QED) is 0.906. The van der Waals surface area contributed by atoms with E-state index < -0.39 is 12.0 Å². The van der Waals surface area contributed by atoms with Gasteiger partial charge < -0.3 is 14.7 Å². The Bertz CT molecular complexity index is 506. The average molecular weight is 296 g/mol. The molecule has 0 radical (unpaired) electrons. The first-order valence-electron chi connectivity index (χ1n) is 6.25. The molecule has 0 aliphatic carbocycles. The third-order valence-corrected chi connectivity index (χ3v) is 4.61. The predicted octanol–water partition coefficient (Wildman–Crippen LogP) is 1.47. The molecule has 2 rings (SSSR count). The highest BCUT2D eigenvalue weighted by atomic mass is 32.2. The van der Waals surface area contributed by atoms with Gasteiger partial charge in [0.25, 0.3) is 5.91 Å². The van der Waals surface area contributed by atoms with Crippen LogP contribution in [0.5, 0.6) is 5.88 Å². The summed E-state index contributed by atoms with van der Waals surface area (Å²) in [5, 5.41) is 9.13. The molecule has 2 heterocycles. The molecule has 7 heteroatoms. The summed E-state index contributed by atoms with van der Waals surface area (Å²) in [6.45, 7) is 1.94. The van der Waals surface area contributed by atoms with E-state index in [0.717, 1.165) is 0 Å². The lowest BCUT2D eigenvalue weighted by Crippen LogP contribution is -2.45.